The fourth-order valence-corrected chi connectivity index (χ4v) is 6.33. The first-order chi connectivity index (χ1) is 16.7. The molecular weight excluding hydrogens is 535 g/mol. The lowest BCUT2D eigenvalue weighted by molar-refractivity contribution is -0.689. The first-order valence-corrected chi connectivity index (χ1v) is 13.0. The molecule has 1 aromatic carbocycles. The van der Waals surface area contributed by atoms with Crippen LogP contribution in [0.25, 0.3) is 0 Å². The van der Waals surface area contributed by atoms with Crippen LogP contribution in [0.15, 0.2) is 58.9 Å². The monoisotopic (exact) mass is 552 g/mol. The Balaban J connectivity index is 1.42. The highest BCUT2D eigenvalue weighted by Crippen LogP contribution is 2.40. The molecule has 3 N–H and O–H groups in total. The molecule has 35 heavy (non-hydrogen) atoms. The molecule has 1 fully saturated rings. The number of aromatic nitrogens is 1. The molecule has 1 saturated heterocycles. The van der Waals surface area contributed by atoms with Gasteiger partial charge in [0.1, 0.15) is 11.4 Å². The normalized spacial score (nSPS) is 19.1. The summed E-state index contributed by atoms with van der Waals surface area (Å²) in [5.74, 6) is -2.62. The third-order valence-electron chi connectivity index (χ3n) is 5.36. The van der Waals surface area contributed by atoms with Gasteiger partial charge in [-0.15, -0.1) is 23.5 Å². The van der Waals surface area contributed by atoms with E-state index >= 15 is 0 Å². The number of pyridine rings is 1. The van der Waals surface area contributed by atoms with E-state index in [1.54, 1.807) is 35.2 Å². The van der Waals surface area contributed by atoms with Crippen molar-refractivity contribution in [1.29, 1.82) is 0 Å². The zero-order valence-corrected chi connectivity index (χ0v) is 21.0. The number of carbonyl (C=O) groups excluding carboxylic acids is 4. The minimum Gasteiger partial charge on any atom is -0.543 e. The number of primary amides is 1. The molecule has 2 atom stereocenters. The van der Waals surface area contributed by atoms with Gasteiger partial charge in [-0.25, -0.2) is 4.57 Å². The second-order valence-corrected chi connectivity index (χ2v) is 10.6. The number of rotatable bonds is 8. The second kappa shape index (κ2) is 10.5. The summed E-state index contributed by atoms with van der Waals surface area (Å²) in [6, 6.07) is 7.12. The molecule has 3 heterocycles. The molecule has 4 rings (SSSR count). The largest absolute Gasteiger partial charge is 0.543 e. The molecule has 0 aliphatic carbocycles. The lowest BCUT2D eigenvalue weighted by atomic mass is 10.0. The average molecular weight is 553 g/mol. The highest BCUT2D eigenvalue weighted by atomic mass is 35.5. The highest BCUT2D eigenvalue weighted by Gasteiger charge is 2.53. The van der Waals surface area contributed by atoms with Gasteiger partial charge in [0.25, 0.3) is 5.91 Å². The van der Waals surface area contributed by atoms with E-state index in [0.29, 0.717) is 31.8 Å². The Hall–Kier alpha value is -2.73. The SMILES string of the molecule is NC(=O)c1cc[n+](CC2=C(C(=O)[O-])N3C(=O)[C@@H](NC(=O)CSc4cc(Cl)ccc4Cl)[C@H]3SC2)cc1. The van der Waals surface area contributed by atoms with Gasteiger partial charge in [-0.1, -0.05) is 23.2 Å². The molecule has 9 nitrogen and oxygen atoms in total. The number of β-lactam (4-membered cyclic amide) rings is 1. The number of fused-ring (bicyclic) bond motifs is 1. The van der Waals surface area contributed by atoms with Gasteiger partial charge < -0.3 is 21.0 Å². The lowest BCUT2D eigenvalue weighted by Crippen LogP contribution is -2.71. The summed E-state index contributed by atoms with van der Waals surface area (Å²) in [5, 5.41) is 15.0. The zero-order chi connectivity index (χ0) is 25.3. The molecule has 2 aromatic rings. The van der Waals surface area contributed by atoms with Crippen molar-refractivity contribution < 1.29 is 28.9 Å². The van der Waals surface area contributed by atoms with Crippen LogP contribution in [-0.2, 0) is 20.9 Å². The van der Waals surface area contributed by atoms with Gasteiger partial charge in [0.05, 0.1) is 28.0 Å². The van der Waals surface area contributed by atoms with Crippen LogP contribution in [-0.4, -0.2) is 51.5 Å². The van der Waals surface area contributed by atoms with Crippen LogP contribution in [0.5, 0.6) is 0 Å². The maximum absolute atomic E-state index is 12.8. The molecule has 0 saturated carbocycles. The van der Waals surface area contributed by atoms with Gasteiger partial charge >= 0.3 is 0 Å². The number of benzene rings is 1. The van der Waals surface area contributed by atoms with Crippen molar-refractivity contribution in [1.82, 2.24) is 10.2 Å². The third-order valence-corrected chi connectivity index (χ3v) is 8.43. The molecule has 2 aliphatic rings. The predicted molar refractivity (Wildman–Crippen MR) is 129 cm³/mol. The summed E-state index contributed by atoms with van der Waals surface area (Å²) < 4.78 is 1.67. The molecule has 3 amide bonds. The minimum atomic E-state index is -1.47. The standard InChI is InChI=1S/C22H18Cl2N4O5S2/c23-13-1-2-14(24)15(7-13)34-10-16(29)26-17-20(31)28-18(22(32)33)12(9-35-21(17)28)8-27-5-3-11(4-6-27)19(25)30/h1-7,17,21H,8-10H2,(H3-,25,26,29,30,32,33)/t17-,21-/m1/s1. The van der Waals surface area contributed by atoms with Crippen molar-refractivity contribution in [2.24, 2.45) is 5.73 Å². The summed E-state index contributed by atoms with van der Waals surface area (Å²) in [7, 11) is 0. The van der Waals surface area contributed by atoms with E-state index < -0.39 is 29.2 Å². The van der Waals surface area contributed by atoms with Crippen molar-refractivity contribution in [3.05, 3.63) is 69.6 Å². The maximum Gasteiger partial charge on any atom is 0.253 e. The Morgan fingerprint density at radius 2 is 1.94 bits per heavy atom. The number of carboxylic acid groups (broad SMARTS) is 1. The fourth-order valence-electron chi connectivity index (χ4n) is 3.69. The quantitative estimate of drug-likeness (QED) is 0.277. The van der Waals surface area contributed by atoms with Gasteiger partial charge in [0.2, 0.25) is 11.8 Å². The second-order valence-electron chi connectivity index (χ2n) is 7.68. The minimum absolute atomic E-state index is 0.00754. The number of hydrogen-bond acceptors (Lipinski definition) is 7. The number of amides is 3. The summed E-state index contributed by atoms with van der Waals surface area (Å²) in [5.41, 5.74) is 5.84. The molecule has 0 unspecified atom stereocenters. The number of hydrogen-bond donors (Lipinski definition) is 2. The number of aliphatic carboxylic acids is 1. The highest BCUT2D eigenvalue weighted by molar-refractivity contribution is 8.00. The van der Waals surface area contributed by atoms with Crippen LogP contribution in [0, 0.1) is 0 Å². The van der Waals surface area contributed by atoms with Gasteiger partial charge in [0.15, 0.2) is 18.9 Å². The summed E-state index contributed by atoms with van der Waals surface area (Å²) in [6.07, 6.45) is 3.20. The molecule has 1 aromatic heterocycles. The van der Waals surface area contributed by atoms with Crippen LogP contribution in [0.3, 0.4) is 0 Å². The zero-order valence-electron chi connectivity index (χ0n) is 17.9. The van der Waals surface area contributed by atoms with E-state index in [1.807, 2.05) is 0 Å². The van der Waals surface area contributed by atoms with Crippen LogP contribution in [0.2, 0.25) is 10.0 Å². The van der Waals surface area contributed by atoms with E-state index in [2.05, 4.69) is 5.32 Å². The smallest absolute Gasteiger partial charge is 0.253 e. The Morgan fingerprint density at radius 1 is 1.23 bits per heavy atom. The lowest BCUT2D eigenvalue weighted by Gasteiger charge is -2.50. The van der Waals surface area contributed by atoms with Crippen molar-refractivity contribution in [3.8, 4) is 0 Å². The number of halogens is 2. The average Bonchev–Trinajstić information content (AvgIpc) is 2.83. The van der Waals surface area contributed by atoms with Gasteiger partial charge in [0, 0.05) is 33.4 Å². The Bertz CT molecular complexity index is 1250. The Labute approximate surface area is 218 Å². The van der Waals surface area contributed by atoms with Crippen LogP contribution in [0.4, 0.5) is 0 Å². The molecule has 0 radical (unpaired) electrons. The molecule has 0 spiro atoms. The summed E-state index contributed by atoms with van der Waals surface area (Å²) in [6.45, 7) is 0.180. The molecule has 0 bridgehead atoms. The predicted octanol–water partition coefficient (Wildman–Crippen LogP) is 0.576. The van der Waals surface area contributed by atoms with Crippen molar-refractivity contribution in [3.63, 3.8) is 0 Å². The molecule has 2 aliphatic heterocycles. The van der Waals surface area contributed by atoms with Gasteiger partial charge in [-0.3, -0.25) is 19.3 Å². The van der Waals surface area contributed by atoms with Gasteiger partial charge in [-0.2, -0.15) is 0 Å². The van der Waals surface area contributed by atoms with E-state index in [9.17, 15) is 24.3 Å². The molecule has 182 valence electrons. The Kier molecular flexibility index (Phi) is 7.60. The van der Waals surface area contributed by atoms with Crippen molar-refractivity contribution in [2.45, 2.75) is 22.9 Å². The number of nitrogens with zero attached hydrogens (tertiary/aromatic N) is 2. The summed E-state index contributed by atoms with van der Waals surface area (Å²) >= 11 is 14.6. The topological polar surface area (TPSA) is 137 Å². The van der Waals surface area contributed by atoms with Crippen molar-refractivity contribution in [2.75, 3.05) is 11.5 Å². The number of carbonyl (C=O) groups is 4. The number of nitrogens with one attached hydrogen (secondary N) is 1. The van der Waals surface area contributed by atoms with Gasteiger partial charge in [-0.05, 0) is 18.2 Å². The first kappa shape index (κ1) is 25.4. The Morgan fingerprint density at radius 3 is 2.60 bits per heavy atom. The van der Waals surface area contributed by atoms with Crippen molar-refractivity contribution >= 4 is 70.4 Å². The van der Waals surface area contributed by atoms with Crippen LogP contribution >= 0.6 is 46.7 Å². The molecular formula is C22H18Cl2N4O5S2. The summed E-state index contributed by atoms with van der Waals surface area (Å²) in [4.78, 5) is 50.2. The third kappa shape index (κ3) is 5.43. The van der Waals surface area contributed by atoms with Crippen LogP contribution < -0.4 is 20.7 Å². The number of carboxylic acids is 1. The van der Waals surface area contributed by atoms with E-state index in [1.165, 1.54) is 35.7 Å². The van der Waals surface area contributed by atoms with E-state index in [4.69, 9.17) is 28.9 Å². The fraction of sp³-hybridized carbons (Fsp3) is 0.227. The maximum atomic E-state index is 12.8. The number of nitrogens with two attached hydrogens (primary N) is 1. The van der Waals surface area contributed by atoms with Crippen LogP contribution in [0.1, 0.15) is 10.4 Å². The van der Waals surface area contributed by atoms with E-state index in [0.717, 1.165) is 4.90 Å². The van der Waals surface area contributed by atoms with E-state index in [-0.39, 0.29) is 23.9 Å². The first-order valence-electron chi connectivity index (χ1n) is 10.2. The molecule has 13 heteroatoms. The number of thioether (sulfide) groups is 2.